The zero-order valence-electron chi connectivity index (χ0n) is 16.6. The van der Waals surface area contributed by atoms with Crippen LogP contribution < -0.4 is 5.32 Å². The minimum absolute atomic E-state index is 0.217. The predicted molar refractivity (Wildman–Crippen MR) is 106 cm³/mol. The maximum atomic E-state index is 13.2. The average Bonchev–Trinajstić information content (AvgIpc) is 2.98. The number of hydrogen-bond donors (Lipinski definition) is 1. The molecule has 0 saturated carbocycles. The number of benzene rings is 2. The highest BCUT2D eigenvalue weighted by Crippen LogP contribution is 2.28. The summed E-state index contributed by atoms with van der Waals surface area (Å²) in [5, 5.41) is 2.42. The standard InChI is InChI=1S/C22H21FN2O5/c1-3-13(2)19(25-20(27)16-9-4-5-10-17(16)21(25)28)22(29)30-12-18(26)24-15-8-6-7-14(23)11-15/h4-11,13,19H,3,12H2,1-2H3,(H,24,26)/t13-,19-/m0/s1. The molecule has 2 atom stereocenters. The third-order valence-electron chi connectivity index (χ3n) is 4.98. The monoisotopic (exact) mass is 412 g/mol. The lowest BCUT2D eigenvalue weighted by molar-refractivity contribution is -0.152. The fourth-order valence-electron chi connectivity index (χ4n) is 3.26. The van der Waals surface area contributed by atoms with Crippen molar-refractivity contribution in [2.45, 2.75) is 26.3 Å². The normalized spacial score (nSPS) is 14.8. The lowest BCUT2D eigenvalue weighted by Gasteiger charge is -2.28. The van der Waals surface area contributed by atoms with E-state index in [0.29, 0.717) is 6.42 Å². The van der Waals surface area contributed by atoms with Gasteiger partial charge in [0.05, 0.1) is 11.1 Å². The zero-order valence-corrected chi connectivity index (χ0v) is 16.6. The first-order valence-electron chi connectivity index (χ1n) is 9.52. The van der Waals surface area contributed by atoms with Gasteiger partial charge in [-0.25, -0.2) is 9.18 Å². The van der Waals surface area contributed by atoms with Crippen molar-refractivity contribution in [2.75, 3.05) is 11.9 Å². The van der Waals surface area contributed by atoms with Gasteiger partial charge >= 0.3 is 5.97 Å². The van der Waals surface area contributed by atoms with E-state index in [1.165, 1.54) is 30.3 Å². The minimum Gasteiger partial charge on any atom is -0.454 e. The van der Waals surface area contributed by atoms with Gasteiger partial charge in [-0.15, -0.1) is 0 Å². The van der Waals surface area contributed by atoms with Gasteiger partial charge in [-0.3, -0.25) is 19.3 Å². The van der Waals surface area contributed by atoms with Crippen LogP contribution in [0.2, 0.25) is 0 Å². The van der Waals surface area contributed by atoms with Crippen LogP contribution in [0.5, 0.6) is 0 Å². The second kappa shape index (κ2) is 8.86. The van der Waals surface area contributed by atoms with E-state index in [-0.39, 0.29) is 22.7 Å². The maximum absolute atomic E-state index is 13.2. The molecule has 0 aromatic heterocycles. The van der Waals surface area contributed by atoms with Crippen LogP contribution in [-0.2, 0) is 14.3 Å². The summed E-state index contributed by atoms with van der Waals surface area (Å²) in [6.07, 6.45) is 0.503. The molecule has 0 radical (unpaired) electrons. The van der Waals surface area contributed by atoms with Crippen molar-refractivity contribution in [1.82, 2.24) is 4.90 Å². The van der Waals surface area contributed by atoms with Crippen molar-refractivity contribution in [2.24, 2.45) is 5.92 Å². The molecule has 1 heterocycles. The van der Waals surface area contributed by atoms with Gasteiger partial charge in [0.15, 0.2) is 6.61 Å². The number of carbonyl (C=O) groups is 4. The number of carbonyl (C=O) groups excluding carboxylic acids is 4. The molecule has 0 aliphatic carbocycles. The van der Waals surface area contributed by atoms with Crippen molar-refractivity contribution < 1.29 is 28.3 Å². The topological polar surface area (TPSA) is 92.8 Å². The van der Waals surface area contributed by atoms with Crippen LogP contribution in [0.4, 0.5) is 10.1 Å². The SMILES string of the molecule is CC[C@H](C)[C@@H](C(=O)OCC(=O)Nc1cccc(F)c1)N1C(=O)c2ccccc2C1=O. The first kappa shape index (κ1) is 21.2. The molecule has 2 aromatic rings. The Bertz CT molecular complexity index is 972. The van der Waals surface area contributed by atoms with Crippen LogP contribution in [0.25, 0.3) is 0 Å². The summed E-state index contributed by atoms with van der Waals surface area (Å²) in [6, 6.07) is 10.4. The van der Waals surface area contributed by atoms with Gasteiger partial charge in [0, 0.05) is 5.69 Å². The molecule has 30 heavy (non-hydrogen) atoms. The number of amides is 3. The summed E-state index contributed by atoms with van der Waals surface area (Å²) >= 11 is 0. The van der Waals surface area contributed by atoms with Crippen molar-refractivity contribution in [3.63, 3.8) is 0 Å². The number of nitrogens with zero attached hydrogens (tertiary/aromatic N) is 1. The van der Waals surface area contributed by atoms with Gasteiger partial charge in [-0.05, 0) is 36.2 Å². The molecule has 8 heteroatoms. The lowest BCUT2D eigenvalue weighted by atomic mass is 9.97. The van der Waals surface area contributed by atoms with Gasteiger partial charge in [0.1, 0.15) is 11.9 Å². The number of halogens is 1. The number of imide groups is 1. The Hall–Kier alpha value is -3.55. The Morgan fingerprint density at radius 3 is 2.27 bits per heavy atom. The second-order valence-corrected chi connectivity index (χ2v) is 7.02. The van der Waals surface area contributed by atoms with Gasteiger partial charge < -0.3 is 10.1 Å². The molecule has 156 valence electrons. The minimum atomic E-state index is -1.16. The fourth-order valence-corrected chi connectivity index (χ4v) is 3.26. The summed E-state index contributed by atoms with van der Waals surface area (Å²) in [4.78, 5) is 51.3. The number of rotatable bonds is 7. The van der Waals surface area contributed by atoms with Crippen molar-refractivity contribution in [3.05, 3.63) is 65.5 Å². The highest BCUT2D eigenvalue weighted by molar-refractivity contribution is 6.22. The van der Waals surface area contributed by atoms with E-state index < -0.39 is 42.2 Å². The van der Waals surface area contributed by atoms with Gasteiger partial charge in [-0.1, -0.05) is 38.5 Å². The molecular formula is C22H21FN2O5. The van der Waals surface area contributed by atoms with Gasteiger partial charge in [0.25, 0.3) is 17.7 Å². The van der Waals surface area contributed by atoms with Crippen LogP contribution in [-0.4, -0.2) is 41.2 Å². The molecule has 2 aromatic carbocycles. The molecule has 0 unspecified atom stereocenters. The Morgan fingerprint density at radius 1 is 1.07 bits per heavy atom. The molecule has 0 bridgehead atoms. The number of hydrogen-bond acceptors (Lipinski definition) is 5. The summed E-state index contributed by atoms with van der Waals surface area (Å²) in [5.74, 6) is -3.56. The highest BCUT2D eigenvalue weighted by Gasteiger charge is 2.45. The molecular weight excluding hydrogens is 391 g/mol. The Morgan fingerprint density at radius 2 is 1.70 bits per heavy atom. The van der Waals surface area contributed by atoms with Crippen LogP contribution >= 0.6 is 0 Å². The first-order chi connectivity index (χ1) is 14.3. The zero-order chi connectivity index (χ0) is 21.8. The van der Waals surface area contributed by atoms with Gasteiger partial charge in [-0.2, -0.15) is 0 Å². The van der Waals surface area contributed by atoms with E-state index in [1.807, 2.05) is 6.92 Å². The van der Waals surface area contributed by atoms with E-state index in [0.717, 1.165) is 11.0 Å². The molecule has 1 aliphatic rings. The summed E-state index contributed by atoms with van der Waals surface area (Å²) < 4.78 is 18.3. The van der Waals surface area contributed by atoms with Crippen LogP contribution in [0, 0.1) is 11.7 Å². The third kappa shape index (κ3) is 4.22. The molecule has 0 spiro atoms. The molecule has 3 amide bonds. The summed E-state index contributed by atoms with van der Waals surface area (Å²) in [5.41, 5.74) is 0.676. The third-order valence-corrected chi connectivity index (χ3v) is 4.98. The summed E-state index contributed by atoms with van der Waals surface area (Å²) in [7, 11) is 0. The van der Waals surface area contributed by atoms with Crippen LogP contribution in [0.3, 0.4) is 0 Å². The first-order valence-corrected chi connectivity index (χ1v) is 9.52. The van der Waals surface area contributed by atoms with Crippen molar-refractivity contribution in [3.8, 4) is 0 Å². The van der Waals surface area contributed by atoms with E-state index in [9.17, 15) is 23.6 Å². The molecule has 1 aliphatic heterocycles. The molecule has 3 rings (SSSR count). The Kier molecular flexibility index (Phi) is 6.25. The molecule has 0 fully saturated rings. The molecule has 1 N–H and O–H groups in total. The second-order valence-electron chi connectivity index (χ2n) is 7.02. The van der Waals surface area contributed by atoms with Crippen LogP contribution in [0.1, 0.15) is 41.0 Å². The Balaban J connectivity index is 1.72. The van der Waals surface area contributed by atoms with E-state index in [1.54, 1.807) is 19.1 Å². The lowest BCUT2D eigenvalue weighted by Crippen LogP contribution is -2.49. The number of esters is 1. The number of fused-ring (bicyclic) bond motifs is 1. The van der Waals surface area contributed by atoms with E-state index >= 15 is 0 Å². The molecule has 0 saturated heterocycles. The maximum Gasteiger partial charge on any atom is 0.330 e. The largest absolute Gasteiger partial charge is 0.454 e. The smallest absolute Gasteiger partial charge is 0.330 e. The van der Waals surface area contributed by atoms with E-state index in [4.69, 9.17) is 4.74 Å². The Labute approximate surface area is 172 Å². The van der Waals surface area contributed by atoms with Crippen LogP contribution in [0.15, 0.2) is 48.5 Å². The predicted octanol–water partition coefficient (Wildman–Crippen LogP) is 3.02. The van der Waals surface area contributed by atoms with Crippen molar-refractivity contribution >= 4 is 29.4 Å². The van der Waals surface area contributed by atoms with E-state index in [2.05, 4.69) is 5.32 Å². The number of ether oxygens (including phenoxy) is 1. The van der Waals surface area contributed by atoms with Crippen molar-refractivity contribution in [1.29, 1.82) is 0 Å². The van der Waals surface area contributed by atoms with Gasteiger partial charge in [0.2, 0.25) is 0 Å². The molecule has 7 nitrogen and oxygen atoms in total. The number of nitrogens with one attached hydrogen (secondary N) is 1. The number of anilines is 1. The fraction of sp³-hybridized carbons (Fsp3) is 0.273. The summed E-state index contributed by atoms with van der Waals surface area (Å²) in [6.45, 7) is 2.91. The average molecular weight is 412 g/mol. The highest BCUT2D eigenvalue weighted by atomic mass is 19.1. The quantitative estimate of drug-likeness (QED) is 0.557.